The average molecular weight is 818 g/mol. The number of nitrogens with zero attached hydrogens (tertiary/aromatic N) is 3. The van der Waals surface area contributed by atoms with E-state index < -0.39 is 0 Å². The van der Waals surface area contributed by atoms with E-state index in [4.69, 9.17) is 4.74 Å². The number of aromatic amines is 1. The third-order valence-corrected chi connectivity index (χ3v) is 17.8. The van der Waals surface area contributed by atoms with Crippen molar-refractivity contribution in [3.8, 4) is 5.75 Å². The molecule has 9 nitrogen and oxygen atoms in total. The number of carbonyl (C=O) groups excluding carboxylic acids is 2. The minimum Gasteiger partial charge on any atom is -0.496 e. The second-order valence-electron chi connectivity index (χ2n) is 21.9. The molecule has 2 amide bonds. The van der Waals surface area contributed by atoms with E-state index in [1.54, 1.807) is 13.2 Å². The number of methoxy groups -OCH3 is 1. The predicted molar refractivity (Wildman–Crippen MR) is 237 cm³/mol. The van der Waals surface area contributed by atoms with Gasteiger partial charge in [0.2, 0.25) is 5.91 Å². The van der Waals surface area contributed by atoms with Crippen molar-refractivity contribution in [3.05, 3.63) is 63.2 Å². The molecule has 0 unspecified atom stereocenters. The van der Waals surface area contributed by atoms with Crippen molar-refractivity contribution in [2.45, 2.75) is 136 Å². The molecule has 2 N–H and O–H groups in total. The highest BCUT2D eigenvalue weighted by atomic mass is 16.5. The van der Waals surface area contributed by atoms with Gasteiger partial charge in [0.1, 0.15) is 5.75 Å². The first kappa shape index (κ1) is 40.5. The van der Waals surface area contributed by atoms with E-state index in [0.717, 1.165) is 104 Å². The molecule has 1 saturated heterocycles. The summed E-state index contributed by atoms with van der Waals surface area (Å²) in [5.41, 5.74) is 4.37. The summed E-state index contributed by atoms with van der Waals surface area (Å²) in [5, 5.41) is 3.98. The Morgan fingerprint density at radius 3 is 2.05 bits per heavy atom. The zero-order valence-electron chi connectivity index (χ0n) is 37.0. The second kappa shape index (κ2) is 16.0. The van der Waals surface area contributed by atoms with Crippen LogP contribution >= 0.6 is 0 Å². The van der Waals surface area contributed by atoms with Gasteiger partial charge in [-0.3, -0.25) is 14.4 Å². The van der Waals surface area contributed by atoms with Crippen LogP contribution < -0.4 is 15.6 Å². The van der Waals surface area contributed by atoms with Crippen LogP contribution in [0.4, 0.5) is 0 Å². The molecular weight excluding hydrogens is 747 g/mol. The highest BCUT2D eigenvalue weighted by molar-refractivity contribution is 6.08. The molecule has 2 aromatic heterocycles. The maximum absolute atomic E-state index is 14.6. The summed E-state index contributed by atoms with van der Waals surface area (Å²) in [5.74, 6) is 6.75. The van der Waals surface area contributed by atoms with Crippen LogP contribution in [0.3, 0.4) is 0 Å². The maximum atomic E-state index is 14.6. The molecule has 0 radical (unpaired) electrons. The summed E-state index contributed by atoms with van der Waals surface area (Å²) in [6, 6.07) is 10.2. The molecular formula is C51H71N5O4. The lowest BCUT2D eigenvalue weighted by Gasteiger charge is -2.57. The zero-order chi connectivity index (χ0) is 41.3. The molecule has 12 rings (SSSR count). The van der Waals surface area contributed by atoms with Crippen molar-refractivity contribution in [3.63, 3.8) is 0 Å². The van der Waals surface area contributed by atoms with Gasteiger partial charge in [-0.2, -0.15) is 0 Å². The number of aromatic nitrogens is 2. The van der Waals surface area contributed by atoms with Gasteiger partial charge >= 0.3 is 0 Å². The minimum absolute atomic E-state index is 0.0815. The molecule has 8 saturated carbocycles. The fraction of sp³-hybridized carbons (Fsp3) is 0.706. The molecule has 9 fully saturated rings. The van der Waals surface area contributed by atoms with Gasteiger partial charge in [0.15, 0.2) is 0 Å². The Bertz CT molecular complexity index is 2090. The number of carbonyl (C=O) groups is 2. The fourth-order valence-corrected chi connectivity index (χ4v) is 15.9. The van der Waals surface area contributed by atoms with Crippen LogP contribution in [0, 0.1) is 66.1 Å². The molecule has 8 aliphatic carbocycles. The second-order valence-corrected chi connectivity index (χ2v) is 21.9. The van der Waals surface area contributed by atoms with Gasteiger partial charge in [-0.1, -0.05) is 18.2 Å². The third kappa shape index (κ3) is 7.65. The number of nitrogens with one attached hydrogen (secondary N) is 2. The van der Waals surface area contributed by atoms with Crippen molar-refractivity contribution in [1.29, 1.82) is 0 Å². The lowest BCUT2D eigenvalue weighted by Crippen LogP contribution is -2.50. The zero-order valence-corrected chi connectivity index (χ0v) is 37.0. The van der Waals surface area contributed by atoms with Gasteiger partial charge in [0.25, 0.3) is 11.5 Å². The van der Waals surface area contributed by atoms with Crippen molar-refractivity contribution in [2.75, 3.05) is 39.8 Å². The number of likely N-dealkylation sites (tertiary alicyclic amines) is 1. The van der Waals surface area contributed by atoms with Crippen LogP contribution in [-0.4, -0.2) is 71.0 Å². The first-order chi connectivity index (χ1) is 29.0. The maximum Gasteiger partial charge on any atom is 0.256 e. The lowest BCUT2D eigenvalue weighted by atomic mass is 9.48. The summed E-state index contributed by atoms with van der Waals surface area (Å²) in [6.07, 6.45) is 21.2. The number of ether oxygens (including phenoxy) is 1. The van der Waals surface area contributed by atoms with Gasteiger partial charge in [0.05, 0.1) is 24.8 Å². The third-order valence-electron chi connectivity index (χ3n) is 17.8. The highest BCUT2D eigenvalue weighted by Gasteiger charge is 2.53. The van der Waals surface area contributed by atoms with E-state index in [-0.39, 0.29) is 29.5 Å². The minimum atomic E-state index is -0.249. The van der Waals surface area contributed by atoms with E-state index in [9.17, 15) is 14.4 Å². The van der Waals surface area contributed by atoms with E-state index in [1.165, 1.54) is 83.5 Å². The molecule has 9 aliphatic rings. The first-order valence-electron chi connectivity index (χ1n) is 24.1. The number of piperidine rings is 1. The Labute approximate surface area is 357 Å². The summed E-state index contributed by atoms with van der Waals surface area (Å²) >= 11 is 0. The largest absolute Gasteiger partial charge is 0.496 e. The molecule has 8 bridgehead atoms. The van der Waals surface area contributed by atoms with Crippen LogP contribution in [0.1, 0.15) is 143 Å². The number of benzene rings is 1. The number of amides is 2. The molecule has 3 heterocycles. The highest BCUT2D eigenvalue weighted by Crippen LogP contribution is 2.63. The van der Waals surface area contributed by atoms with Gasteiger partial charge in [-0.15, -0.1) is 0 Å². The Morgan fingerprint density at radius 1 is 0.867 bits per heavy atom. The Balaban J connectivity index is 0.797. The van der Waals surface area contributed by atoms with Crippen molar-refractivity contribution < 1.29 is 14.3 Å². The smallest absolute Gasteiger partial charge is 0.256 e. The van der Waals surface area contributed by atoms with E-state index in [1.807, 2.05) is 19.1 Å². The number of rotatable bonds is 14. The summed E-state index contributed by atoms with van der Waals surface area (Å²) < 4.78 is 7.87. The summed E-state index contributed by atoms with van der Waals surface area (Å²) in [6.45, 7) is 11.2. The van der Waals surface area contributed by atoms with Gasteiger partial charge in [-0.25, -0.2) is 0 Å². The Hall–Kier alpha value is -3.59. The number of pyridine rings is 1. The van der Waals surface area contributed by atoms with Crippen LogP contribution in [0.25, 0.3) is 10.9 Å². The van der Waals surface area contributed by atoms with Crippen LogP contribution in [0.15, 0.2) is 35.1 Å². The van der Waals surface area contributed by atoms with Crippen LogP contribution in [0.2, 0.25) is 0 Å². The van der Waals surface area contributed by atoms with Crippen molar-refractivity contribution in [2.24, 2.45) is 52.3 Å². The number of fused-ring (bicyclic) bond motifs is 1. The normalized spacial score (nSPS) is 32.5. The van der Waals surface area contributed by atoms with Crippen molar-refractivity contribution >= 4 is 22.7 Å². The molecule has 3 aromatic rings. The summed E-state index contributed by atoms with van der Waals surface area (Å²) in [7, 11) is 1.55. The van der Waals surface area contributed by atoms with E-state index >= 15 is 0 Å². The van der Waals surface area contributed by atoms with Crippen LogP contribution in [0.5, 0.6) is 5.75 Å². The predicted octanol–water partition coefficient (Wildman–Crippen LogP) is 9.20. The van der Waals surface area contributed by atoms with Gasteiger partial charge in [0, 0.05) is 54.4 Å². The molecule has 324 valence electrons. The Kier molecular flexibility index (Phi) is 10.8. The van der Waals surface area contributed by atoms with E-state index in [0.29, 0.717) is 39.8 Å². The SMILES string of the molecule is COc1cc(C)[nH]c(=O)c1CNC(=O)c1c(C)n([C@@H](C)C2CCN(CCN(CCC34CC5CC(CC(C5)C3)C4)C(=O)CC34CC5CC(CC(C5)C3)C4)CC2)c2ccccc12. The standard InChI is InChI=1S/C51H71N5O4/c1-32-17-45(60-4)43(48(58)53-32)31-52-49(59)47-34(3)56(44-8-6-5-7-42(44)47)33(2)41-9-12-54(13-10-41)15-16-55(14-11-50-24-35-18-36(25-50)20-37(19-35)26-50)46(57)30-51-27-38-21-39(28-51)23-40(22-38)29-51/h5-8,17,33,35-41H,9-16,18-31H2,1-4H3,(H,52,59)(H,53,58)/t33-,35?,36?,37?,38?,39?,40?,50?,51?/m0/s1. The number of hydrogen-bond donors (Lipinski definition) is 2. The molecule has 0 spiro atoms. The molecule has 9 heteroatoms. The number of para-hydroxylation sites is 1. The molecule has 1 aromatic carbocycles. The monoisotopic (exact) mass is 818 g/mol. The van der Waals surface area contributed by atoms with E-state index in [2.05, 4.69) is 50.6 Å². The Morgan fingerprint density at radius 2 is 1.45 bits per heavy atom. The molecule has 1 atom stereocenters. The number of H-pyrrole nitrogens is 1. The van der Waals surface area contributed by atoms with Gasteiger partial charge in [-0.05, 0) is 195 Å². The van der Waals surface area contributed by atoms with Gasteiger partial charge < -0.3 is 29.4 Å². The molecule has 60 heavy (non-hydrogen) atoms. The summed E-state index contributed by atoms with van der Waals surface area (Å²) in [4.78, 5) is 49.2. The lowest BCUT2D eigenvalue weighted by molar-refractivity contribution is -0.141. The number of hydrogen-bond acceptors (Lipinski definition) is 5. The topological polar surface area (TPSA) is 99.7 Å². The quantitative estimate of drug-likeness (QED) is 0.169. The number of aryl methyl sites for hydroxylation is 1. The first-order valence-corrected chi connectivity index (χ1v) is 24.1. The fourth-order valence-electron chi connectivity index (χ4n) is 15.9. The van der Waals surface area contributed by atoms with Crippen molar-refractivity contribution in [1.82, 2.24) is 24.7 Å². The molecule has 1 aliphatic heterocycles. The average Bonchev–Trinajstić information content (AvgIpc) is 3.50. The van der Waals surface area contributed by atoms with Crippen LogP contribution in [-0.2, 0) is 11.3 Å².